The van der Waals surface area contributed by atoms with Crippen molar-refractivity contribution in [3.8, 4) is 0 Å². The van der Waals surface area contributed by atoms with Gasteiger partial charge >= 0.3 is 0 Å². The Bertz CT molecular complexity index is 935. The van der Waals surface area contributed by atoms with E-state index in [4.69, 9.17) is 17.2 Å². The first-order chi connectivity index (χ1) is 17.9. The predicted molar refractivity (Wildman–Crippen MR) is 133 cm³/mol. The Morgan fingerprint density at radius 3 is 2.08 bits per heavy atom. The molecule has 17 nitrogen and oxygen atoms in total. The van der Waals surface area contributed by atoms with Crippen molar-refractivity contribution in [2.45, 2.75) is 44.7 Å². The summed E-state index contributed by atoms with van der Waals surface area (Å²) in [7, 11) is 0. The minimum absolute atomic E-state index is 0.130. The zero-order valence-electron chi connectivity index (χ0n) is 21.2. The van der Waals surface area contributed by atoms with Gasteiger partial charge in [0.25, 0.3) is 0 Å². The number of nitrogens with two attached hydrogens (primary N) is 3. The summed E-state index contributed by atoms with van der Waals surface area (Å²) in [5, 5.41) is 11.8. The zero-order valence-corrected chi connectivity index (χ0v) is 21.2. The number of aliphatic imine (C=N–C) groups is 1. The summed E-state index contributed by atoms with van der Waals surface area (Å²) in [6.45, 7) is 0.135. The van der Waals surface area contributed by atoms with E-state index in [9.17, 15) is 33.6 Å². The Balaban J connectivity index is 2.79. The van der Waals surface area contributed by atoms with Gasteiger partial charge in [0.2, 0.25) is 41.4 Å². The van der Waals surface area contributed by atoms with Crippen molar-refractivity contribution in [3.63, 3.8) is 0 Å². The summed E-state index contributed by atoms with van der Waals surface area (Å²) in [5.74, 6) is -4.25. The van der Waals surface area contributed by atoms with Crippen LogP contribution in [0.25, 0.3) is 0 Å². The van der Waals surface area contributed by atoms with Gasteiger partial charge in [-0.05, 0) is 25.7 Å². The van der Waals surface area contributed by atoms with Gasteiger partial charge in [0, 0.05) is 20.0 Å². The van der Waals surface area contributed by atoms with Crippen LogP contribution in [0.3, 0.4) is 0 Å². The van der Waals surface area contributed by atoms with Crippen LogP contribution in [0, 0.1) is 0 Å². The molecule has 212 valence electrons. The van der Waals surface area contributed by atoms with Crippen molar-refractivity contribution >= 4 is 47.3 Å². The quantitative estimate of drug-likeness (QED) is 0.0558. The van der Waals surface area contributed by atoms with Crippen molar-refractivity contribution in [1.82, 2.24) is 31.5 Å². The first-order valence-electron chi connectivity index (χ1n) is 11.9. The fraction of sp³-hybridized carbons (Fsp3) is 0.619. The second-order valence-corrected chi connectivity index (χ2v) is 8.41. The number of hydrogen-bond acceptors (Lipinski definition) is 8. The lowest BCUT2D eigenvalue weighted by atomic mass is 10.1. The van der Waals surface area contributed by atoms with Gasteiger partial charge in [-0.3, -0.25) is 38.6 Å². The summed E-state index contributed by atoms with van der Waals surface area (Å²) >= 11 is 0. The van der Waals surface area contributed by atoms with Gasteiger partial charge in [-0.2, -0.15) is 0 Å². The maximum Gasteiger partial charge on any atom is 0.245 e. The Hall–Kier alpha value is -4.44. The fourth-order valence-corrected chi connectivity index (χ4v) is 3.49. The highest BCUT2D eigenvalue weighted by atomic mass is 16.2. The van der Waals surface area contributed by atoms with Crippen LogP contribution < -0.4 is 43.8 Å². The van der Waals surface area contributed by atoms with Crippen LogP contribution in [0.15, 0.2) is 4.99 Å². The highest BCUT2D eigenvalue weighted by Gasteiger charge is 2.37. The van der Waals surface area contributed by atoms with E-state index in [0.29, 0.717) is 19.3 Å². The molecular weight excluding hydrogens is 504 g/mol. The van der Waals surface area contributed by atoms with Gasteiger partial charge < -0.3 is 48.7 Å². The molecule has 0 unspecified atom stereocenters. The molecule has 17 heteroatoms. The molecule has 11 N–H and O–H groups in total. The number of nitrogens with zero attached hydrogens (tertiary/aromatic N) is 2. The first-order valence-corrected chi connectivity index (χ1v) is 11.9. The van der Waals surface area contributed by atoms with Crippen LogP contribution in [-0.4, -0.2) is 104 Å². The summed E-state index contributed by atoms with van der Waals surface area (Å²) in [6.07, 6.45) is 1.33. The summed E-state index contributed by atoms with van der Waals surface area (Å²) in [6, 6.07) is -1.92. The van der Waals surface area contributed by atoms with Crippen molar-refractivity contribution < 1.29 is 33.6 Å². The third-order valence-corrected chi connectivity index (χ3v) is 5.24. The van der Waals surface area contributed by atoms with E-state index in [1.54, 1.807) is 0 Å². The number of carbonyl (C=O) groups excluding carboxylic acids is 7. The highest BCUT2D eigenvalue weighted by Crippen LogP contribution is 2.19. The number of primary amides is 1. The van der Waals surface area contributed by atoms with Gasteiger partial charge in [0.1, 0.15) is 12.1 Å². The molecule has 2 atom stereocenters. The smallest absolute Gasteiger partial charge is 0.245 e. The van der Waals surface area contributed by atoms with Gasteiger partial charge in [-0.15, -0.1) is 0 Å². The van der Waals surface area contributed by atoms with Gasteiger partial charge in [-0.25, -0.2) is 0 Å². The number of likely N-dealkylation sites (tertiary alicyclic amines) is 1. The number of hydrogen-bond donors (Lipinski definition) is 8. The maximum absolute atomic E-state index is 13.3. The third-order valence-electron chi connectivity index (χ3n) is 5.24. The minimum Gasteiger partial charge on any atom is -0.370 e. The molecule has 1 aliphatic heterocycles. The molecule has 0 aliphatic carbocycles. The molecule has 0 bridgehead atoms. The monoisotopic (exact) mass is 540 g/mol. The van der Waals surface area contributed by atoms with E-state index in [2.05, 4.69) is 31.6 Å². The van der Waals surface area contributed by atoms with Crippen molar-refractivity contribution in [1.29, 1.82) is 0 Å². The van der Waals surface area contributed by atoms with Crippen molar-refractivity contribution in [3.05, 3.63) is 0 Å². The van der Waals surface area contributed by atoms with Crippen LogP contribution in [0.5, 0.6) is 0 Å². The van der Waals surface area contributed by atoms with E-state index < -0.39 is 66.5 Å². The molecule has 0 saturated carbocycles. The number of rotatable bonds is 15. The molecular formula is C21H36N10O7. The average molecular weight is 541 g/mol. The Morgan fingerprint density at radius 1 is 0.868 bits per heavy atom. The van der Waals surface area contributed by atoms with E-state index in [1.807, 2.05) is 0 Å². The van der Waals surface area contributed by atoms with E-state index in [0.717, 1.165) is 0 Å². The summed E-state index contributed by atoms with van der Waals surface area (Å²) in [5.41, 5.74) is 15.6. The Labute approximate surface area is 219 Å². The third kappa shape index (κ3) is 12.5. The second-order valence-electron chi connectivity index (χ2n) is 8.41. The lowest BCUT2D eigenvalue weighted by Gasteiger charge is -2.28. The van der Waals surface area contributed by atoms with Gasteiger partial charge in [-0.1, -0.05) is 0 Å². The van der Waals surface area contributed by atoms with E-state index in [1.165, 1.54) is 11.8 Å². The molecule has 0 radical (unpaired) electrons. The first kappa shape index (κ1) is 31.6. The van der Waals surface area contributed by atoms with E-state index in [-0.39, 0.29) is 38.6 Å². The largest absolute Gasteiger partial charge is 0.370 e. The van der Waals surface area contributed by atoms with E-state index >= 15 is 0 Å². The molecule has 1 heterocycles. The van der Waals surface area contributed by atoms with Crippen molar-refractivity contribution in [2.75, 3.05) is 39.3 Å². The highest BCUT2D eigenvalue weighted by molar-refractivity contribution is 5.95. The number of guanidine groups is 1. The molecule has 0 spiro atoms. The van der Waals surface area contributed by atoms with Gasteiger partial charge in [0.15, 0.2) is 5.96 Å². The molecule has 1 fully saturated rings. The summed E-state index contributed by atoms with van der Waals surface area (Å²) in [4.78, 5) is 88.8. The fourth-order valence-electron chi connectivity index (χ4n) is 3.49. The topological polar surface area (TPSA) is 273 Å². The van der Waals surface area contributed by atoms with Crippen LogP contribution in [0.1, 0.15) is 32.6 Å². The molecule has 1 aliphatic rings. The van der Waals surface area contributed by atoms with Crippen LogP contribution in [0.4, 0.5) is 0 Å². The lowest BCUT2D eigenvalue weighted by Crippen LogP contribution is -2.55. The normalized spacial score (nSPS) is 15.0. The Morgan fingerprint density at radius 2 is 1.47 bits per heavy atom. The predicted octanol–water partition coefficient (Wildman–Crippen LogP) is -5.51. The van der Waals surface area contributed by atoms with Crippen LogP contribution in [-0.2, 0) is 33.6 Å². The number of amides is 7. The molecule has 0 aromatic heterocycles. The molecule has 7 amide bonds. The number of nitrogens with one attached hydrogen (secondary N) is 5. The number of carbonyl (C=O) groups is 7. The molecule has 0 aromatic rings. The average Bonchev–Trinajstić information content (AvgIpc) is 3.34. The second kappa shape index (κ2) is 16.3. The molecule has 1 rings (SSSR count). The molecule has 0 aromatic carbocycles. The van der Waals surface area contributed by atoms with Crippen LogP contribution in [0.2, 0.25) is 0 Å². The van der Waals surface area contributed by atoms with Crippen LogP contribution >= 0.6 is 0 Å². The maximum atomic E-state index is 13.3. The standard InChI is InChI=1S/C21H36N10O7/c1-12(32)26-9-16(34)28-11-18(36)30-13(4-2-6-25-21(23)24)20(38)31-7-3-5-14(31)19(37)29-10-17(35)27-8-15(22)33/h13-14H,2-11H2,1H3,(H2,22,33)(H,26,32)(H,27,35)(H,28,34)(H,29,37)(H,30,36)(H4,23,24,25)/t13-,14-/m0/s1. The lowest BCUT2D eigenvalue weighted by molar-refractivity contribution is -0.141. The minimum atomic E-state index is -1.05. The zero-order chi connectivity index (χ0) is 28.7. The SMILES string of the molecule is CC(=O)NCC(=O)NCC(=O)N[C@@H](CCCN=C(N)N)C(=O)N1CCC[C@H]1C(=O)NCC(=O)NCC(N)=O. The molecule has 38 heavy (non-hydrogen) atoms. The summed E-state index contributed by atoms with van der Waals surface area (Å²) < 4.78 is 0. The Kier molecular flexibility index (Phi) is 13.6. The molecule has 1 saturated heterocycles. The van der Waals surface area contributed by atoms with Gasteiger partial charge in [0.05, 0.1) is 26.2 Å². The van der Waals surface area contributed by atoms with Crippen molar-refractivity contribution in [2.24, 2.45) is 22.2 Å².